The van der Waals surface area contributed by atoms with Crippen LogP contribution in [0.2, 0.25) is 0 Å². The number of carbonyl (C=O) groups is 2. The predicted molar refractivity (Wildman–Crippen MR) is 115 cm³/mol. The zero-order valence-corrected chi connectivity index (χ0v) is 17.2. The highest BCUT2D eigenvalue weighted by Gasteiger charge is 2.21. The molecular formula is C21H18N2O4S2. The van der Waals surface area contributed by atoms with Gasteiger partial charge in [0.05, 0.1) is 5.56 Å². The van der Waals surface area contributed by atoms with Crippen molar-refractivity contribution in [3.8, 4) is 11.5 Å². The molecule has 0 spiro atoms. The summed E-state index contributed by atoms with van der Waals surface area (Å²) in [5.41, 5.74) is 7.73. The van der Waals surface area contributed by atoms with Gasteiger partial charge in [0.25, 0.3) is 5.91 Å². The first-order valence-electron chi connectivity index (χ1n) is 8.84. The van der Waals surface area contributed by atoms with Crippen molar-refractivity contribution in [3.63, 3.8) is 0 Å². The quantitative estimate of drug-likeness (QED) is 0.578. The van der Waals surface area contributed by atoms with E-state index in [9.17, 15) is 9.59 Å². The number of primary amides is 1. The number of hydrogen-bond donors (Lipinski definition) is 2. The van der Waals surface area contributed by atoms with Gasteiger partial charge in [-0.3, -0.25) is 9.59 Å². The van der Waals surface area contributed by atoms with Crippen LogP contribution in [0.5, 0.6) is 11.5 Å². The minimum absolute atomic E-state index is 0.220. The molecular weight excluding hydrogens is 408 g/mol. The highest BCUT2D eigenvalue weighted by molar-refractivity contribution is 7.17. The number of fused-ring (bicyclic) bond motifs is 1. The lowest BCUT2D eigenvalue weighted by Crippen LogP contribution is -2.16. The number of rotatable bonds is 6. The van der Waals surface area contributed by atoms with Gasteiger partial charge >= 0.3 is 0 Å². The maximum absolute atomic E-state index is 12.3. The topological polar surface area (TPSA) is 90.7 Å². The SMILES string of the molecule is Cc1c(Cc2ccc3c(c2)OCO3)sc(NC(=O)/C=C/c2cccs2)c1C(N)=O. The number of benzene rings is 1. The van der Waals surface area contributed by atoms with E-state index in [0.29, 0.717) is 22.7 Å². The van der Waals surface area contributed by atoms with Gasteiger partial charge in [-0.05, 0) is 47.7 Å². The first-order chi connectivity index (χ1) is 14.0. The Morgan fingerprint density at radius 1 is 1.24 bits per heavy atom. The van der Waals surface area contributed by atoms with Crippen LogP contribution in [0.3, 0.4) is 0 Å². The number of nitrogens with one attached hydrogen (secondary N) is 1. The van der Waals surface area contributed by atoms with Gasteiger partial charge in [-0.1, -0.05) is 12.1 Å². The summed E-state index contributed by atoms with van der Waals surface area (Å²) >= 11 is 2.90. The fourth-order valence-corrected chi connectivity index (χ4v) is 4.91. The maximum Gasteiger partial charge on any atom is 0.251 e. The van der Waals surface area contributed by atoms with E-state index in [0.717, 1.165) is 26.6 Å². The van der Waals surface area contributed by atoms with Gasteiger partial charge in [-0.15, -0.1) is 22.7 Å². The van der Waals surface area contributed by atoms with E-state index in [2.05, 4.69) is 5.32 Å². The van der Waals surface area contributed by atoms with Crippen molar-refractivity contribution in [3.05, 3.63) is 68.2 Å². The summed E-state index contributed by atoms with van der Waals surface area (Å²) in [6.07, 6.45) is 3.77. The highest BCUT2D eigenvalue weighted by atomic mass is 32.1. The minimum atomic E-state index is -0.562. The number of thiophene rings is 2. The molecule has 0 saturated carbocycles. The van der Waals surface area contributed by atoms with Gasteiger partial charge < -0.3 is 20.5 Å². The van der Waals surface area contributed by atoms with Gasteiger partial charge in [0.2, 0.25) is 12.7 Å². The van der Waals surface area contributed by atoms with E-state index in [1.165, 1.54) is 28.7 Å². The number of hydrogen-bond acceptors (Lipinski definition) is 6. The first kappa shape index (κ1) is 19.2. The van der Waals surface area contributed by atoms with E-state index >= 15 is 0 Å². The van der Waals surface area contributed by atoms with E-state index in [1.807, 2.05) is 42.6 Å². The monoisotopic (exact) mass is 426 g/mol. The lowest BCUT2D eigenvalue weighted by molar-refractivity contribution is -0.111. The van der Waals surface area contributed by atoms with E-state index < -0.39 is 5.91 Å². The summed E-state index contributed by atoms with van der Waals surface area (Å²) in [5.74, 6) is 0.559. The molecule has 1 aliphatic heterocycles. The van der Waals surface area contributed by atoms with Crippen LogP contribution in [0.4, 0.5) is 5.00 Å². The summed E-state index contributed by atoms with van der Waals surface area (Å²) in [7, 11) is 0. The van der Waals surface area contributed by atoms with Crippen LogP contribution in [0, 0.1) is 6.92 Å². The lowest BCUT2D eigenvalue weighted by Gasteiger charge is -2.03. The molecule has 2 aromatic heterocycles. The fourth-order valence-electron chi connectivity index (χ4n) is 3.05. The predicted octanol–water partition coefficient (Wildman–Crippen LogP) is 4.19. The zero-order valence-electron chi connectivity index (χ0n) is 15.6. The molecule has 3 N–H and O–H groups in total. The zero-order chi connectivity index (χ0) is 20.4. The molecule has 2 amide bonds. The Morgan fingerprint density at radius 3 is 2.83 bits per heavy atom. The summed E-state index contributed by atoms with van der Waals surface area (Å²) in [5, 5.41) is 5.20. The Hall–Kier alpha value is -3.10. The number of anilines is 1. The molecule has 0 atom stereocenters. The summed E-state index contributed by atoms with van der Waals surface area (Å²) in [4.78, 5) is 26.3. The first-order valence-corrected chi connectivity index (χ1v) is 10.5. The van der Waals surface area contributed by atoms with Crippen LogP contribution in [-0.4, -0.2) is 18.6 Å². The Kier molecular flexibility index (Phi) is 5.37. The minimum Gasteiger partial charge on any atom is -0.454 e. The second-order valence-corrected chi connectivity index (χ2v) is 8.51. The molecule has 3 aromatic rings. The molecule has 1 aromatic carbocycles. The standard InChI is InChI=1S/C21H18N2O4S2/c1-12-17(10-13-4-6-15-16(9-13)27-11-26-15)29-21(19(12)20(22)25)23-18(24)7-5-14-3-2-8-28-14/h2-9H,10-11H2,1H3,(H2,22,25)(H,23,24)/b7-5+. The molecule has 0 radical (unpaired) electrons. The molecule has 0 bridgehead atoms. The van der Waals surface area contributed by atoms with Gasteiger partial charge in [0.1, 0.15) is 5.00 Å². The van der Waals surface area contributed by atoms with Crippen molar-refractivity contribution >= 4 is 45.6 Å². The fraction of sp³-hybridized carbons (Fsp3) is 0.143. The van der Waals surface area contributed by atoms with Crippen LogP contribution in [-0.2, 0) is 11.2 Å². The molecule has 0 saturated heterocycles. The van der Waals surface area contributed by atoms with Crippen molar-refractivity contribution in [2.45, 2.75) is 13.3 Å². The number of ether oxygens (including phenoxy) is 2. The summed E-state index contributed by atoms with van der Waals surface area (Å²) in [6, 6.07) is 9.58. The second kappa shape index (κ2) is 8.10. The molecule has 3 heterocycles. The third kappa shape index (κ3) is 4.18. The molecule has 6 nitrogen and oxygen atoms in total. The summed E-state index contributed by atoms with van der Waals surface area (Å²) in [6.45, 7) is 2.06. The second-order valence-electron chi connectivity index (χ2n) is 6.42. The molecule has 29 heavy (non-hydrogen) atoms. The maximum atomic E-state index is 12.3. The van der Waals surface area contributed by atoms with E-state index in [-0.39, 0.29) is 12.7 Å². The third-order valence-corrected chi connectivity index (χ3v) is 6.52. The number of carbonyl (C=O) groups excluding carboxylic acids is 2. The normalized spacial score (nSPS) is 12.4. The number of amides is 2. The van der Waals surface area contributed by atoms with E-state index in [4.69, 9.17) is 15.2 Å². The number of nitrogens with two attached hydrogens (primary N) is 1. The molecule has 0 fully saturated rings. The largest absolute Gasteiger partial charge is 0.454 e. The van der Waals surface area contributed by atoms with Crippen molar-refractivity contribution < 1.29 is 19.1 Å². The van der Waals surface area contributed by atoms with Gasteiger partial charge in [0.15, 0.2) is 11.5 Å². The smallest absolute Gasteiger partial charge is 0.251 e. The molecule has 0 aliphatic carbocycles. The molecule has 1 aliphatic rings. The van der Waals surface area contributed by atoms with Crippen molar-refractivity contribution in [1.82, 2.24) is 0 Å². The van der Waals surface area contributed by atoms with Crippen molar-refractivity contribution in [2.75, 3.05) is 12.1 Å². The van der Waals surface area contributed by atoms with Crippen LogP contribution in [0.15, 0.2) is 41.8 Å². The molecule has 4 rings (SSSR count). The van der Waals surface area contributed by atoms with Gasteiger partial charge in [-0.25, -0.2) is 0 Å². The average molecular weight is 427 g/mol. The van der Waals surface area contributed by atoms with Crippen LogP contribution >= 0.6 is 22.7 Å². The average Bonchev–Trinajstić information content (AvgIpc) is 3.41. The Labute approximate surface area is 175 Å². The Balaban J connectivity index is 1.56. The van der Waals surface area contributed by atoms with E-state index in [1.54, 1.807) is 6.08 Å². The van der Waals surface area contributed by atoms with Crippen molar-refractivity contribution in [2.24, 2.45) is 5.73 Å². The van der Waals surface area contributed by atoms with Crippen LogP contribution in [0.25, 0.3) is 6.08 Å². The van der Waals surface area contributed by atoms with Gasteiger partial charge in [-0.2, -0.15) is 0 Å². The van der Waals surface area contributed by atoms with Crippen LogP contribution < -0.4 is 20.5 Å². The molecule has 0 unspecified atom stereocenters. The Morgan fingerprint density at radius 2 is 2.07 bits per heavy atom. The van der Waals surface area contributed by atoms with Gasteiger partial charge in [0, 0.05) is 22.3 Å². The lowest BCUT2D eigenvalue weighted by atomic mass is 10.1. The molecule has 148 valence electrons. The van der Waals surface area contributed by atoms with Crippen LogP contribution in [0.1, 0.15) is 31.2 Å². The Bertz CT molecular complexity index is 1100. The third-order valence-electron chi connectivity index (χ3n) is 4.47. The summed E-state index contributed by atoms with van der Waals surface area (Å²) < 4.78 is 10.8. The molecule has 8 heteroatoms. The highest BCUT2D eigenvalue weighted by Crippen LogP contribution is 2.37. The van der Waals surface area contributed by atoms with Crippen molar-refractivity contribution in [1.29, 1.82) is 0 Å².